The molecule has 1 atom stereocenters. The molecule has 2 aliphatic heterocycles. The number of carbonyl (C=O) groups excluding carboxylic acids is 1. The topological polar surface area (TPSA) is 86.4 Å². The van der Waals surface area contributed by atoms with Gasteiger partial charge in [-0.25, -0.2) is 12.8 Å². The van der Waals surface area contributed by atoms with E-state index in [0.29, 0.717) is 24.2 Å². The first-order valence-electron chi connectivity index (χ1n) is 9.55. The zero-order valence-corrected chi connectivity index (χ0v) is 16.3. The van der Waals surface area contributed by atoms with Gasteiger partial charge in [-0.1, -0.05) is 0 Å². The van der Waals surface area contributed by atoms with Crippen molar-refractivity contribution in [1.82, 2.24) is 19.4 Å². The van der Waals surface area contributed by atoms with Crippen LogP contribution >= 0.6 is 0 Å². The Morgan fingerprint density at radius 3 is 2.54 bits per heavy atom. The van der Waals surface area contributed by atoms with Crippen LogP contribution in [0.4, 0.5) is 4.39 Å². The number of nitrogens with one attached hydrogen (secondary N) is 1. The number of piperidine rings is 1. The van der Waals surface area contributed by atoms with Gasteiger partial charge in [0, 0.05) is 32.1 Å². The first-order valence-corrected chi connectivity index (χ1v) is 11.0. The summed E-state index contributed by atoms with van der Waals surface area (Å²) in [5.41, 5.74) is 1.24. The molecular formula is C19H23FN4O3S. The van der Waals surface area contributed by atoms with Gasteiger partial charge in [-0.05, 0) is 49.9 Å². The molecule has 2 aliphatic rings. The van der Waals surface area contributed by atoms with Crippen molar-refractivity contribution in [3.05, 3.63) is 47.5 Å². The van der Waals surface area contributed by atoms with E-state index in [1.54, 1.807) is 6.20 Å². The summed E-state index contributed by atoms with van der Waals surface area (Å²) in [6.07, 6.45) is 5.01. The molecule has 2 saturated heterocycles. The monoisotopic (exact) mass is 406 g/mol. The van der Waals surface area contributed by atoms with Gasteiger partial charge >= 0.3 is 0 Å². The first-order chi connectivity index (χ1) is 13.5. The van der Waals surface area contributed by atoms with Crippen LogP contribution in [0.25, 0.3) is 0 Å². The van der Waals surface area contributed by atoms with E-state index in [9.17, 15) is 17.6 Å². The average Bonchev–Trinajstić information content (AvgIpc) is 3.40. The van der Waals surface area contributed by atoms with Crippen molar-refractivity contribution < 1.29 is 17.6 Å². The maximum Gasteiger partial charge on any atom is 0.257 e. The number of hydrogen-bond donors (Lipinski definition) is 1. The lowest BCUT2D eigenvalue weighted by Gasteiger charge is -2.32. The Hall–Kier alpha value is -2.26. The molecule has 28 heavy (non-hydrogen) atoms. The molecule has 0 spiro atoms. The summed E-state index contributed by atoms with van der Waals surface area (Å²) in [5, 5.41) is 6.99. The predicted octanol–water partition coefficient (Wildman–Crippen LogP) is 2.35. The molecule has 2 aromatic rings. The Morgan fingerprint density at radius 2 is 1.82 bits per heavy atom. The molecule has 7 nitrogen and oxygen atoms in total. The third-order valence-corrected chi connectivity index (χ3v) is 7.42. The van der Waals surface area contributed by atoms with E-state index in [4.69, 9.17) is 0 Å². The van der Waals surface area contributed by atoms with Crippen molar-refractivity contribution in [3.63, 3.8) is 0 Å². The summed E-state index contributed by atoms with van der Waals surface area (Å²) in [4.78, 5) is 14.7. The van der Waals surface area contributed by atoms with Crippen molar-refractivity contribution in [3.8, 4) is 0 Å². The molecule has 1 unspecified atom stereocenters. The SMILES string of the molecule is O=C(c1cn[nH]c1C1CCCN(S(=O)(=O)c2ccc(F)cc2)C1)N1CCCC1. The van der Waals surface area contributed by atoms with E-state index in [2.05, 4.69) is 10.2 Å². The summed E-state index contributed by atoms with van der Waals surface area (Å²) >= 11 is 0. The molecule has 9 heteroatoms. The number of H-pyrrole nitrogens is 1. The first kappa shape index (κ1) is 19.1. The second-order valence-electron chi connectivity index (χ2n) is 7.35. The van der Waals surface area contributed by atoms with Crippen LogP contribution in [0.5, 0.6) is 0 Å². The molecule has 1 aromatic heterocycles. The number of amides is 1. The standard InChI is InChI=1S/C19H23FN4O3S/c20-15-5-7-16(8-6-15)28(26,27)24-11-3-4-14(13-24)18-17(12-21-22-18)19(25)23-9-1-2-10-23/h5-8,12,14H,1-4,9-11,13H2,(H,21,22). The Bertz CT molecular complexity index is 952. The van der Waals surface area contributed by atoms with Gasteiger partial charge < -0.3 is 4.90 Å². The number of halogens is 1. The fourth-order valence-corrected chi connectivity index (χ4v) is 5.54. The molecule has 1 aromatic carbocycles. The van der Waals surface area contributed by atoms with Crippen LogP contribution < -0.4 is 0 Å². The van der Waals surface area contributed by atoms with Crippen LogP contribution in [-0.4, -0.2) is 59.9 Å². The maximum absolute atomic E-state index is 13.2. The minimum Gasteiger partial charge on any atom is -0.339 e. The van der Waals surface area contributed by atoms with E-state index in [0.717, 1.165) is 44.5 Å². The Labute approximate surface area is 163 Å². The summed E-state index contributed by atoms with van der Waals surface area (Å²) in [6.45, 7) is 2.17. The predicted molar refractivity (Wildman–Crippen MR) is 101 cm³/mol. The van der Waals surface area contributed by atoms with Crippen LogP contribution in [0.2, 0.25) is 0 Å². The van der Waals surface area contributed by atoms with Crippen LogP contribution in [0.3, 0.4) is 0 Å². The van der Waals surface area contributed by atoms with Crippen molar-refractivity contribution in [1.29, 1.82) is 0 Å². The van der Waals surface area contributed by atoms with E-state index < -0.39 is 15.8 Å². The summed E-state index contributed by atoms with van der Waals surface area (Å²) < 4.78 is 40.5. The summed E-state index contributed by atoms with van der Waals surface area (Å²) in [6, 6.07) is 4.87. The van der Waals surface area contributed by atoms with Gasteiger partial charge in [0.2, 0.25) is 10.0 Å². The number of hydrogen-bond acceptors (Lipinski definition) is 4. The summed E-state index contributed by atoms with van der Waals surface area (Å²) in [5.74, 6) is -0.647. The van der Waals surface area contributed by atoms with Gasteiger partial charge in [0.25, 0.3) is 5.91 Å². The molecule has 1 N–H and O–H groups in total. The van der Waals surface area contributed by atoms with Crippen LogP contribution in [0.1, 0.15) is 47.7 Å². The Kier molecular flexibility index (Phi) is 5.20. The number of nitrogens with zero attached hydrogens (tertiary/aromatic N) is 3. The zero-order valence-electron chi connectivity index (χ0n) is 15.5. The smallest absolute Gasteiger partial charge is 0.257 e. The second-order valence-corrected chi connectivity index (χ2v) is 9.29. The largest absolute Gasteiger partial charge is 0.339 e. The van der Waals surface area contributed by atoms with Gasteiger partial charge in [0.05, 0.1) is 22.3 Å². The van der Waals surface area contributed by atoms with Gasteiger partial charge in [-0.2, -0.15) is 9.40 Å². The maximum atomic E-state index is 13.2. The number of sulfonamides is 1. The molecule has 4 rings (SSSR count). The van der Waals surface area contributed by atoms with Crippen molar-refractivity contribution in [2.45, 2.75) is 36.5 Å². The van der Waals surface area contributed by atoms with Crippen LogP contribution in [0.15, 0.2) is 35.4 Å². The van der Waals surface area contributed by atoms with Crippen LogP contribution in [-0.2, 0) is 10.0 Å². The molecule has 0 radical (unpaired) electrons. The highest BCUT2D eigenvalue weighted by Crippen LogP contribution is 2.31. The third kappa shape index (κ3) is 3.56. The van der Waals surface area contributed by atoms with Crippen LogP contribution in [0, 0.1) is 5.82 Å². The van der Waals surface area contributed by atoms with E-state index >= 15 is 0 Å². The average molecular weight is 406 g/mol. The zero-order chi connectivity index (χ0) is 19.7. The molecule has 0 saturated carbocycles. The van der Waals surface area contributed by atoms with Gasteiger partial charge in [-0.3, -0.25) is 9.89 Å². The highest BCUT2D eigenvalue weighted by molar-refractivity contribution is 7.89. The Balaban J connectivity index is 1.56. The summed E-state index contributed by atoms with van der Waals surface area (Å²) in [7, 11) is -3.71. The molecule has 0 aliphatic carbocycles. The number of likely N-dealkylation sites (tertiary alicyclic amines) is 1. The molecule has 0 bridgehead atoms. The molecule has 1 amide bonds. The van der Waals surface area contributed by atoms with Crippen molar-refractivity contribution in [2.75, 3.05) is 26.2 Å². The van der Waals surface area contributed by atoms with Crippen molar-refractivity contribution >= 4 is 15.9 Å². The molecule has 150 valence electrons. The lowest BCUT2D eigenvalue weighted by molar-refractivity contribution is 0.0791. The van der Waals surface area contributed by atoms with Gasteiger partial charge in [-0.15, -0.1) is 0 Å². The van der Waals surface area contributed by atoms with E-state index in [-0.39, 0.29) is 23.3 Å². The van der Waals surface area contributed by atoms with Gasteiger partial charge in [0.1, 0.15) is 5.82 Å². The van der Waals surface area contributed by atoms with Crippen molar-refractivity contribution in [2.24, 2.45) is 0 Å². The number of aromatic amines is 1. The fourth-order valence-electron chi connectivity index (χ4n) is 4.02. The Morgan fingerprint density at radius 1 is 1.11 bits per heavy atom. The highest BCUT2D eigenvalue weighted by Gasteiger charge is 2.34. The number of benzene rings is 1. The fraction of sp³-hybridized carbons (Fsp3) is 0.474. The quantitative estimate of drug-likeness (QED) is 0.845. The number of rotatable bonds is 4. The number of aromatic nitrogens is 2. The third-order valence-electron chi connectivity index (χ3n) is 5.54. The molecule has 3 heterocycles. The lowest BCUT2D eigenvalue weighted by Crippen LogP contribution is -2.39. The second kappa shape index (κ2) is 7.63. The van der Waals surface area contributed by atoms with E-state index in [1.165, 1.54) is 16.4 Å². The minimum absolute atomic E-state index is 0.0419. The number of carbonyl (C=O) groups is 1. The molecular weight excluding hydrogens is 383 g/mol. The minimum atomic E-state index is -3.71. The van der Waals surface area contributed by atoms with E-state index in [1.807, 2.05) is 4.90 Å². The molecule has 2 fully saturated rings. The normalized spacial score (nSPS) is 21.2. The van der Waals surface area contributed by atoms with Gasteiger partial charge in [0.15, 0.2) is 0 Å². The highest BCUT2D eigenvalue weighted by atomic mass is 32.2. The lowest BCUT2D eigenvalue weighted by atomic mass is 9.93.